The van der Waals surface area contributed by atoms with E-state index < -0.39 is 28.8 Å². The molecule has 0 spiro atoms. The summed E-state index contributed by atoms with van der Waals surface area (Å²) in [7, 11) is 0. The van der Waals surface area contributed by atoms with Crippen molar-refractivity contribution in [3.8, 4) is 0 Å². The number of pyridine rings is 1. The number of anilines is 3. The zero-order valence-electron chi connectivity index (χ0n) is 18.5. The Morgan fingerprint density at radius 1 is 1.00 bits per heavy atom. The Bertz CT molecular complexity index is 1310. The molecule has 0 aliphatic carbocycles. The normalized spacial score (nSPS) is 14.5. The van der Waals surface area contributed by atoms with Crippen LogP contribution in [0.5, 0.6) is 0 Å². The summed E-state index contributed by atoms with van der Waals surface area (Å²) in [4.78, 5) is 54.4. The first-order valence-electron chi connectivity index (χ1n) is 11.0. The molecule has 1 aromatic heterocycles. The molecule has 0 radical (unpaired) electrons. The van der Waals surface area contributed by atoms with Crippen molar-refractivity contribution >= 4 is 52.1 Å². The Balaban J connectivity index is 1.45. The first kappa shape index (κ1) is 24.7. The van der Waals surface area contributed by atoms with E-state index in [2.05, 4.69) is 15.6 Å². The Morgan fingerprint density at radius 3 is 2.23 bits per heavy atom. The molecule has 2 aromatic carbocycles. The maximum absolute atomic E-state index is 12.5. The first-order chi connectivity index (χ1) is 16.8. The molecule has 1 atom stereocenters. The Hall–Kier alpha value is -3.43. The van der Waals surface area contributed by atoms with Gasteiger partial charge in [0.2, 0.25) is 0 Å². The number of carboxylic acid groups (broad SMARTS) is 1. The highest BCUT2D eigenvalue weighted by Gasteiger charge is 2.30. The van der Waals surface area contributed by atoms with Crippen LogP contribution in [0.2, 0.25) is 10.0 Å². The van der Waals surface area contributed by atoms with Crippen LogP contribution in [0.25, 0.3) is 0 Å². The van der Waals surface area contributed by atoms with Gasteiger partial charge < -0.3 is 20.6 Å². The number of nitrogens with zero attached hydrogens (tertiary/aromatic N) is 2. The molecular formula is C24H22Cl2N4O5. The van der Waals surface area contributed by atoms with Crippen molar-refractivity contribution in [1.82, 2.24) is 4.98 Å². The molecule has 1 aliphatic heterocycles. The predicted octanol–water partition coefficient (Wildman–Crippen LogP) is 3.33. The summed E-state index contributed by atoms with van der Waals surface area (Å²) in [6.45, 7) is 1.33. The van der Waals surface area contributed by atoms with Gasteiger partial charge >= 0.3 is 5.97 Å². The van der Waals surface area contributed by atoms with Gasteiger partial charge in [-0.15, -0.1) is 0 Å². The number of amides is 1. The fourth-order valence-corrected chi connectivity index (χ4v) is 4.63. The van der Waals surface area contributed by atoms with E-state index in [4.69, 9.17) is 23.2 Å². The van der Waals surface area contributed by atoms with Crippen LogP contribution in [0.4, 0.5) is 17.1 Å². The summed E-state index contributed by atoms with van der Waals surface area (Å²) in [5, 5.41) is 15.4. The molecule has 3 aromatic rings. The standard InChI is InChI=1S/C24H22Cl2N4O5/c25-15-11-27-12-16(26)18(15)23(33)28-14-6-4-13(5-7-14)10-17(24(34)35)29-19-20(22(32)21(19)31)30-8-2-1-3-9-30/h4-7,11-12,17,29H,1-3,8-10H2,(H,28,33)(H,34,35)/t17-/m0/s1. The molecule has 3 N–H and O–H groups in total. The molecule has 4 rings (SSSR count). The SMILES string of the molecule is O=C(Nc1ccc(C[C@H](Nc2c(N3CCCCC3)c(=O)c2=O)C(=O)O)cc1)c1c(Cl)cncc1Cl. The van der Waals surface area contributed by atoms with Crippen molar-refractivity contribution in [1.29, 1.82) is 0 Å². The number of carboxylic acids is 1. The van der Waals surface area contributed by atoms with E-state index >= 15 is 0 Å². The van der Waals surface area contributed by atoms with E-state index in [1.807, 2.05) is 4.90 Å². The monoisotopic (exact) mass is 516 g/mol. The second-order valence-corrected chi connectivity index (χ2v) is 9.11. The lowest BCUT2D eigenvalue weighted by Gasteiger charge is -2.31. The van der Waals surface area contributed by atoms with Gasteiger partial charge in [0.15, 0.2) is 0 Å². The van der Waals surface area contributed by atoms with Crippen LogP contribution in [0.15, 0.2) is 46.2 Å². The van der Waals surface area contributed by atoms with E-state index in [1.54, 1.807) is 24.3 Å². The van der Waals surface area contributed by atoms with E-state index in [1.165, 1.54) is 12.4 Å². The van der Waals surface area contributed by atoms with E-state index in [0.29, 0.717) is 24.3 Å². The Morgan fingerprint density at radius 2 is 1.63 bits per heavy atom. The minimum absolute atomic E-state index is 0.0593. The van der Waals surface area contributed by atoms with Gasteiger partial charge in [-0.3, -0.25) is 19.4 Å². The topological polar surface area (TPSA) is 129 Å². The number of carbonyl (C=O) groups is 2. The van der Waals surface area contributed by atoms with Crippen molar-refractivity contribution in [2.75, 3.05) is 28.6 Å². The summed E-state index contributed by atoms with van der Waals surface area (Å²) < 4.78 is 0. The zero-order valence-corrected chi connectivity index (χ0v) is 20.0. The van der Waals surface area contributed by atoms with Gasteiger partial charge in [-0.25, -0.2) is 4.79 Å². The molecule has 0 bridgehead atoms. The lowest BCUT2D eigenvalue weighted by molar-refractivity contribution is -0.137. The van der Waals surface area contributed by atoms with Crippen LogP contribution in [-0.4, -0.2) is 41.1 Å². The van der Waals surface area contributed by atoms with Crippen LogP contribution >= 0.6 is 23.2 Å². The molecule has 2 heterocycles. The zero-order chi connectivity index (χ0) is 25.1. The quantitative estimate of drug-likeness (QED) is 0.388. The lowest BCUT2D eigenvalue weighted by atomic mass is 10.0. The third-order valence-corrected chi connectivity index (χ3v) is 6.48. The molecule has 1 aliphatic rings. The third kappa shape index (κ3) is 5.31. The smallest absolute Gasteiger partial charge is 0.326 e. The summed E-state index contributed by atoms with van der Waals surface area (Å²) in [5.41, 5.74) is 0.293. The number of aliphatic carboxylic acids is 1. The number of benzene rings is 1. The number of hydrogen-bond donors (Lipinski definition) is 3. The number of carbonyl (C=O) groups excluding carboxylic acids is 1. The van der Waals surface area contributed by atoms with Crippen LogP contribution in [0.1, 0.15) is 35.2 Å². The van der Waals surface area contributed by atoms with E-state index in [9.17, 15) is 24.3 Å². The fourth-order valence-electron chi connectivity index (χ4n) is 4.09. The van der Waals surface area contributed by atoms with Crippen LogP contribution in [-0.2, 0) is 11.2 Å². The van der Waals surface area contributed by atoms with Crippen LogP contribution in [0, 0.1) is 0 Å². The van der Waals surface area contributed by atoms with Crippen molar-refractivity contribution < 1.29 is 14.7 Å². The van der Waals surface area contributed by atoms with E-state index in [-0.39, 0.29) is 33.4 Å². The second-order valence-electron chi connectivity index (χ2n) is 8.30. The minimum atomic E-state index is -1.15. The van der Waals surface area contributed by atoms with Gasteiger partial charge in [-0.05, 0) is 37.0 Å². The summed E-state index contributed by atoms with van der Waals surface area (Å²) >= 11 is 12.0. The molecule has 35 heavy (non-hydrogen) atoms. The summed E-state index contributed by atoms with van der Waals surface area (Å²) in [6, 6.07) is 5.45. The molecule has 0 unspecified atom stereocenters. The number of aromatic nitrogens is 1. The highest BCUT2D eigenvalue weighted by molar-refractivity contribution is 6.40. The maximum Gasteiger partial charge on any atom is 0.326 e. The van der Waals surface area contributed by atoms with Gasteiger partial charge in [0.25, 0.3) is 16.8 Å². The number of halogens is 2. The van der Waals surface area contributed by atoms with Crippen LogP contribution in [0.3, 0.4) is 0 Å². The highest BCUT2D eigenvalue weighted by Crippen LogP contribution is 2.26. The second kappa shape index (κ2) is 10.5. The van der Waals surface area contributed by atoms with Crippen molar-refractivity contribution in [2.24, 2.45) is 0 Å². The maximum atomic E-state index is 12.5. The Labute approximate surface area is 210 Å². The highest BCUT2D eigenvalue weighted by atomic mass is 35.5. The van der Waals surface area contributed by atoms with Crippen LogP contribution < -0.4 is 26.4 Å². The third-order valence-electron chi connectivity index (χ3n) is 5.91. The number of rotatable bonds is 8. The van der Waals surface area contributed by atoms with Gasteiger partial charge in [-0.2, -0.15) is 0 Å². The average Bonchev–Trinajstić information content (AvgIpc) is 2.84. The van der Waals surface area contributed by atoms with Gasteiger partial charge in [0, 0.05) is 37.6 Å². The van der Waals surface area contributed by atoms with Gasteiger partial charge in [-0.1, -0.05) is 35.3 Å². The average molecular weight is 517 g/mol. The van der Waals surface area contributed by atoms with Crippen molar-refractivity contribution in [2.45, 2.75) is 31.7 Å². The molecular weight excluding hydrogens is 495 g/mol. The molecule has 182 valence electrons. The minimum Gasteiger partial charge on any atom is -0.480 e. The van der Waals surface area contributed by atoms with Crippen molar-refractivity contribution in [3.63, 3.8) is 0 Å². The number of hydrogen-bond acceptors (Lipinski definition) is 7. The van der Waals surface area contributed by atoms with E-state index in [0.717, 1.165) is 19.3 Å². The summed E-state index contributed by atoms with van der Waals surface area (Å²) in [6.07, 6.45) is 5.59. The number of nitrogens with one attached hydrogen (secondary N) is 2. The van der Waals surface area contributed by atoms with Crippen molar-refractivity contribution in [3.05, 3.63) is 78.3 Å². The number of piperidine rings is 1. The molecule has 1 saturated heterocycles. The molecule has 1 fully saturated rings. The molecule has 9 nitrogen and oxygen atoms in total. The predicted molar refractivity (Wildman–Crippen MR) is 135 cm³/mol. The Kier molecular flexibility index (Phi) is 7.37. The fraction of sp³-hybridized carbons (Fsp3) is 0.292. The first-order valence-corrected chi connectivity index (χ1v) is 11.8. The molecule has 0 saturated carbocycles. The largest absolute Gasteiger partial charge is 0.480 e. The molecule has 1 amide bonds. The van der Waals surface area contributed by atoms with Gasteiger partial charge in [0.1, 0.15) is 17.4 Å². The molecule has 11 heteroatoms. The summed E-state index contributed by atoms with van der Waals surface area (Å²) in [5.74, 6) is -1.66. The lowest BCUT2D eigenvalue weighted by Crippen LogP contribution is -2.47. The van der Waals surface area contributed by atoms with Gasteiger partial charge in [0.05, 0.1) is 15.6 Å².